The summed E-state index contributed by atoms with van der Waals surface area (Å²) in [5, 5.41) is 2.65. The number of rotatable bonds is 4. The third kappa shape index (κ3) is 4.34. The second-order valence-electron chi connectivity index (χ2n) is 8.13. The van der Waals surface area contributed by atoms with Crippen LogP contribution in [0.2, 0.25) is 0 Å². The van der Waals surface area contributed by atoms with Crippen LogP contribution in [0.4, 0.5) is 4.39 Å². The Morgan fingerprint density at radius 1 is 1.22 bits per heavy atom. The fraction of sp³-hybridized carbons (Fsp3) is 0.409. The number of hydrogen-bond donors (Lipinski definition) is 0. The molecule has 10 heteroatoms. The lowest BCUT2D eigenvalue weighted by Crippen LogP contribution is -2.52. The maximum absolute atomic E-state index is 13.6. The average Bonchev–Trinajstić information content (AvgIpc) is 2.78. The summed E-state index contributed by atoms with van der Waals surface area (Å²) in [6, 6.07) is 12.5. The van der Waals surface area contributed by atoms with Crippen LogP contribution in [-0.4, -0.2) is 56.0 Å². The van der Waals surface area contributed by atoms with E-state index in [1.165, 1.54) is 12.1 Å². The fourth-order valence-corrected chi connectivity index (χ4v) is 5.59. The smallest absolute Gasteiger partial charge is 0.252 e. The normalized spacial score (nSPS) is 25.5. The van der Waals surface area contributed by atoms with Crippen molar-refractivity contribution < 1.29 is 22.3 Å². The maximum atomic E-state index is 13.6. The van der Waals surface area contributed by atoms with Gasteiger partial charge in [0.15, 0.2) is 9.84 Å². The van der Waals surface area contributed by atoms with E-state index in [4.69, 9.17) is 10.3 Å². The van der Waals surface area contributed by atoms with Crippen molar-refractivity contribution in [1.82, 2.24) is 4.90 Å². The monoisotopic (exact) mass is 458 g/mol. The number of carbonyl (C=O) groups is 1. The van der Waals surface area contributed by atoms with Gasteiger partial charge in [0.05, 0.1) is 23.9 Å². The summed E-state index contributed by atoms with van der Waals surface area (Å²) in [7, 11) is -3.52. The van der Waals surface area contributed by atoms with Crippen molar-refractivity contribution in [2.45, 2.75) is 36.3 Å². The highest BCUT2D eigenvalue weighted by Gasteiger charge is 2.43. The number of nitrogens with zero attached hydrogens (tertiary/aromatic N) is 4. The van der Waals surface area contributed by atoms with Gasteiger partial charge < -0.3 is 9.64 Å². The number of hydrogen-bond acceptors (Lipinski definition) is 5. The van der Waals surface area contributed by atoms with Gasteiger partial charge in [-0.05, 0) is 47.2 Å². The molecular weight excluding hydrogens is 435 g/mol. The third-order valence-corrected chi connectivity index (χ3v) is 7.67. The molecule has 0 aliphatic carbocycles. The molecule has 2 aromatic rings. The van der Waals surface area contributed by atoms with Crippen LogP contribution in [-0.2, 0) is 25.8 Å². The van der Waals surface area contributed by atoms with Crippen molar-refractivity contribution in [2.75, 3.05) is 19.4 Å². The van der Waals surface area contributed by atoms with E-state index in [9.17, 15) is 17.6 Å². The van der Waals surface area contributed by atoms with Crippen LogP contribution in [0.15, 0.2) is 53.6 Å². The predicted octanol–water partition coefficient (Wildman–Crippen LogP) is 3.18. The van der Waals surface area contributed by atoms with Gasteiger partial charge in [0.2, 0.25) is 0 Å². The van der Waals surface area contributed by atoms with E-state index >= 15 is 0 Å². The molecule has 0 saturated carbocycles. The summed E-state index contributed by atoms with van der Waals surface area (Å²) in [6.07, 6.45) is 0.763. The minimum absolute atomic E-state index is 0.0189. The summed E-state index contributed by atoms with van der Waals surface area (Å²) in [4.78, 5) is 18.0. The van der Waals surface area contributed by atoms with Crippen LogP contribution in [0, 0.1) is 5.82 Å². The average molecular weight is 459 g/mol. The van der Waals surface area contributed by atoms with Gasteiger partial charge >= 0.3 is 0 Å². The summed E-state index contributed by atoms with van der Waals surface area (Å²) < 4.78 is 43.4. The number of fused-ring (bicyclic) bond motifs is 1. The Hall–Kier alpha value is -2.94. The highest BCUT2D eigenvalue weighted by molar-refractivity contribution is 7.91. The highest BCUT2D eigenvalue weighted by atomic mass is 32.2. The maximum Gasteiger partial charge on any atom is 0.252 e. The molecule has 1 amide bonds. The molecule has 4 rings (SSSR count). The van der Waals surface area contributed by atoms with Crippen molar-refractivity contribution in [3.8, 4) is 0 Å². The molecule has 8 nitrogen and oxygen atoms in total. The number of amides is 1. The summed E-state index contributed by atoms with van der Waals surface area (Å²) >= 11 is 0. The molecule has 2 aliphatic rings. The summed E-state index contributed by atoms with van der Waals surface area (Å²) in [5.41, 5.74) is 11.7. The zero-order chi connectivity index (χ0) is 22.9. The second kappa shape index (κ2) is 8.90. The van der Waals surface area contributed by atoms with Crippen LogP contribution in [0.5, 0.6) is 0 Å². The molecule has 2 aromatic carbocycles. The zero-order valence-electron chi connectivity index (χ0n) is 17.5. The molecule has 2 aliphatic heterocycles. The van der Waals surface area contributed by atoms with E-state index in [2.05, 4.69) is 10.0 Å². The van der Waals surface area contributed by atoms with E-state index in [0.29, 0.717) is 13.0 Å². The standard InChI is InChI=1S/C22H23FN4O4S/c1-32(29,30)20-13-31-19(12-18(20)25-26-24)22(28)27-11-10-14-4-2-3-5-17(14)21(27)15-6-8-16(23)9-7-15/h2-9,18-21H,10-13H2,1H3/t18?,19-,20-,21+/m1/s1. The van der Waals surface area contributed by atoms with Crippen LogP contribution < -0.4 is 0 Å². The quantitative estimate of drug-likeness (QED) is 0.398. The van der Waals surface area contributed by atoms with Crippen LogP contribution in [0.3, 0.4) is 0 Å². The topological polar surface area (TPSA) is 112 Å². The minimum Gasteiger partial charge on any atom is -0.367 e. The first-order valence-electron chi connectivity index (χ1n) is 10.3. The zero-order valence-corrected chi connectivity index (χ0v) is 18.3. The number of ether oxygens (including phenoxy) is 1. The van der Waals surface area contributed by atoms with Crippen molar-refractivity contribution in [1.29, 1.82) is 0 Å². The Labute approximate surface area is 185 Å². The summed E-state index contributed by atoms with van der Waals surface area (Å²) in [5.74, 6) is -0.672. The molecule has 0 radical (unpaired) electrons. The molecule has 0 spiro atoms. The van der Waals surface area contributed by atoms with Crippen molar-refractivity contribution in [3.63, 3.8) is 0 Å². The minimum atomic E-state index is -3.52. The molecule has 0 N–H and O–H groups in total. The molecule has 0 aromatic heterocycles. The first-order valence-corrected chi connectivity index (χ1v) is 12.2. The molecule has 0 bridgehead atoms. The molecule has 1 saturated heterocycles. The Balaban J connectivity index is 1.66. The molecule has 1 unspecified atom stereocenters. The van der Waals surface area contributed by atoms with E-state index in [1.807, 2.05) is 24.3 Å². The lowest BCUT2D eigenvalue weighted by Gasteiger charge is -2.41. The van der Waals surface area contributed by atoms with Gasteiger partial charge in [-0.3, -0.25) is 4.79 Å². The fourth-order valence-electron chi connectivity index (χ4n) is 4.52. The largest absolute Gasteiger partial charge is 0.367 e. The Bertz CT molecular complexity index is 1160. The Kier molecular flexibility index (Phi) is 6.19. The molecule has 1 fully saturated rings. The van der Waals surface area contributed by atoms with E-state index in [0.717, 1.165) is 22.9 Å². The molecule has 2 heterocycles. The number of carbonyl (C=O) groups excluding carboxylic acids is 1. The van der Waals surface area contributed by atoms with E-state index in [1.54, 1.807) is 17.0 Å². The Morgan fingerprint density at radius 3 is 2.62 bits per heavy atom. The van der Waals surface area contributed by atoms with Crippen molar-refractivity contribution >= 4 is 15.7 Å². The number of sulfone groups is 1. The highest BCUT2D eigenvalue weighted by Crippen LogP contribution is 2.37. The van der Waals surface area contributed by atoms with Gasteiger partial charge in [-0.25, -0.2) is 12.8 Å². The number of benzene rings is 2. The van der Waals surface area contributed by atoms with E-state index < -0.39 is 33.3 Å². The number of halogens is 1. The van der Waals surface area contributed by atoms with Crippen LogP contribution in [0.25, 0.3) is 10.4 Å². The van der Waals surface area contributed by atoms with Gasteiger partial charge in [0, 0.05) is 17.7 Å². The third-order valence-electron chi connectivity index (χ3n) is 6.12. The first-order chi connectivity index (χ1) is 15.3. The van der Waals surface area contributed by atoms with Gasteiger partial charge in [-0.15, -0.1) is 0 Å². The van der Waals surface area contributed by atoms with E-state index in [-0.39, 0.29) is 24.8 Å². The predicted molar refractivity (Wildman–Crippen MR) is 116 cm³/mol. The van der Waals surface area contributed by atoms with Crippen LogP contribution in [0.1, 0.15) is 29.2 Å². The lowest BCUT2D eigenvalue weighted by atomic mass is 9.87. The van der Waals surface area contributed by atoms with Crippen molar-refractivity contribution in [3.05, 3.63) is 81.5 Å². The molecule has 168 valence electrons. The molecular formula is C22H23FN4O4S. The Morgan fingerprint density at radius 2 is 1.94 bits per heavy atom. The SMILES string of the molecule is CS(=O)(=O)[C@@H]1CO[C@@H](C(=O)N2CCc3ccccc3[C@@H]2c2ccc(F)cc2)CC1N=[N+]=[N-]. The summed E-state index contributed by atoms with van der Waals surface area (Å²) in [6.45, 7) is 0.212. The van der Waals surface area contributed by atoms with Gasteiger partial charge in [-0.2, -0.15) is 0 Å². The lowest BCUT2D eigenvalue weighted by molar-refractivity contribution is -0.149. The first kappa shape index (κ1) is 22.3. The van der Waals surface area contributed by atoms with Gasteiger partial charge in [0.25, 0.3) is 5.91 Å². The van der Waals surface area contributed by atoms with Gasteiger partial charge in [-0.1, -0.05) is 41.5 Å². The number of azide groups is 1. The molecule has 4 atom stereocenters. The van der Waals surface area contributed by atoms with Crippen molar-refractivity contribution in [2.24, 2.45) is 5.11 Å². The van der Waals surface area contributed by atoms with Crippen LogP contribution >= 0.6 is 0 Å². The van der Waals surface area contributed by atoms with Gasteiger partial charge in [0.1, 0.15) is 11.9 Å². The molecule has 32 heavy (non-hydrogen) atoms. The second-order valence-corrected chi connectivity index (χ2v) is 10.4.